The van der Waals surface area contributed by atoms with Gasteiger partial charge in [-0.25, -0.2) is 4.98 Å². The quantitative estimate of drug-likeness (QED) is 0.172. The van der Waals surface area contributed by atoms with E-state index in [-0.39, 0.29) is 0 Å². The first-order chi connectivity index (χ1) is 26.7. The summed E-state index contributed by atoms with van der Waals surface area (Å²) >= 11 is 0. The SMILES string of the molecule is c1ccc2c(c1)nc(-c1ccc(N(c3ccc4c(c3)oc3ccccc34)c3ccc4c(c3)oc3ccccc34)cc1)c1ccc3c4ccccc4oc3c12. The molecule has 8 aromatic carbocycles. The second-order valence-corrected chi connectivity index (χ2v) is 13.9. The van der Waals surface area contributed by atoms with Crippen LogP contribution in [-0.2, 0) is 0 Å². The van der Waals surface area contributed by atoms with E-state index in [1.54, 1.807) is 0 Å². The van der Waals surface area contributed by atoms with Crippen LogP contribution in [0.3, 0.4) is 0 Å². The second-order valence-electron chi connectivity index (χ2n) is 13.9. The summed E-state index contributed by atoms with van der Waals surface area (Å²) in [5.41, 5.74) is 11.0. The fourth-order valence-corrected chi connectivity index (χ4v) is 8.36. The Kier molecular flexibility index (Phi) is 5.99. The largest absolute Gasteiger partial charge is 0.456 e. The molecule has 0 fully saturated rings. The topological polar surface area (TPSA) is 55.6 Å². The highest BCUT2D eigenvalue weighted by molar-refractivity contribution is 6.24. The first-order valence-electron chi connectivity index (χ1n) is 18.1. The van der Waals surface area contributed by atoms with Gasteiger partial charge in [0.15, 0.2) is 0 Å². The molecule has 5 nitrogen and oxygen atoms in total. The Balaban J connectivity index is 1.05. The zero-order chi connectivity index (χ0) is 35.3. The van der Waals surface area contributed by atoms with Gasteiger partial charge >= 0.3 is 0 Å². The summed E-state index contributed by atoms with van der Waals surface area (Å²) in [5.74, 6) is 0. The van der Waals surface area contributed by atoms with Crippen LogP contribution in [0.1, 0.15) is 0 Å². The average Bonchev–Trinajstić information content (AvgIpc) is 3.91. The van der Waals surface area contributed by atoms with Gasteiger partial charge in [0, 0.05) is 83.2 Å². The Labute approximate surface area is 307 Å². The molecule has 0 saturated heterocycles. The maximum absolute atomic E-state index is 6.56. The predicted octanol–water partition coefficient (Wildman–Crippen LogP) is 14.2. The van der Waals surface area contributed by atoms with E-state index >= 15 is 0 Å². The lowest BCUT2D eigenvalue weighted by Crippen LogP contribution is -2.09. The molecule has 0 saturated carbocycles. The number of para-hydroxylation sites is 4. The number of hydrogen-bond donors (Lipinski definition) is 0. The van der Waals surface area contributed by atoms with E-state index in [9.17, 15) is 0 Å². The lowest BCUT2D eigenvalue weighted by Gasteiger charge is -2.25. The molecule has 0 bridgehead atoms. The Morgan fingerprint density at radius 1 is 0.352 bits per heavy atom. The molecular weight excluding hydrogens is 665 g/mol. The molecule has 0 aliphatic rings. The van der Waals surface area contributed by atoms with Crippen molar-refractivity contribution < 1.29 is 13.3 Å². The summed E-state index contributed by atoms with van der Waals surface area (Å²) in [7, 11) is 0. The molecule has 4 aromatic heterocycles. The molecular formula is C49H28N2O3. The number of aromatic nitrogens is 1. The van der Waals surface area contributed by atoms with Gasteiger partial charge in [-0.2, -0.15) is 0 Å². The van der Waals surface area contributed by atoms with E-state index < -0.39 is 0 Å². The molecule has 0 radical (unpaired) electrons. The summed E-state index contributed by atoms with van der Waals surface area (Å²) in [6, 6.07) is 58.9. The molecule has 0 aliphatic carbocycles. The van der Waals surface area contributed by atoms with Crippen LogP contribution in [0.4, 0.5) is 17.1 Å². The normalized spacial score (nSPS) is 12.1. The maximum atomic E-state index is 6.56. The van der Waals surface area contributed by atoms with Crippen LogP contribution in [0, 0.1) is 0 Å². The van der Waals surface area contributed by atoms with Crippen molar-refractivity contribution >= 4 is 105 Å². The highest BCUT2D eigenvalue weighted by Gasteiger charge is 2.20. The number of hydrogen-bond acceptors (Lipinski definition) is 5. The highest BCUT2D eigenvalue weighted by atomic mass is 16.3. The standard InChI is InChI=1S/C49H28N2O3/c1-5-13-41-39(12-1)47-40(26-25-38-35-11-4-8-16-44(35)54-49(38)47)48(50-41)29-17-19-30(20-18-29)51(31-21-23-36-33-9-2-6-14-42(33)52-45(36)27-31)32-22-24-37-34-10-3-7-15-43(34)53-46(37)28-32/h1-28H. The second kappa shape index (κ2) is 11.1. The van der Waals surface area contributed by atoms with Gasteiger partial charge < -0.3 is 18.2 Å². The van der Waals surface area contributed by atoms with E-state index in [1.165, 1.54) is 0 Å². The number of anilines is 3. The molecule has 0 spiro atoms. The summed E-state index contributed by atoms with van der Waals surface area (Å²) < 4.78 is 19.3. The zero-order valence-electron chi connectivity index (χ0n) is 28.8. The van der Waals surface area contributed by atoms with Crippen LogP contribution >= 0.6 is 0 Å². The van der Waals surface area contributed by atoms with Gasteiger partial charge in [-0.05, 0) is 66.7 Å². The molecule has 0 aliphatic heterocycles. The van der Waals surface area contributed by atoms with E-state index in [2.05, 4.69) is 132 Å². The van der Waals surface area contributed by atoms with E-state index in [1.807, 2.05) is 42.5 Å². The summed E-state index contributed by atoms with van der Waals surface area (Å²) in [6.45, 7) is 0. The number of nitrogens with zero attached hydrogens (tertiary/aromatic N) is 2. The monoisotopic (exact) mass is 692 g/mol. The molecule has 252 valence electrons. The van der Waals surface area contributed by atoms with Crippen molar-refractivity contribution in [2.24, 2.45) is 0 Å². The first-order valence-corrected chi connectivity index (χ1v) is 18.1. The first kappa shape index (κ1) is 29.2. The zero-order valence-corrected chi connectivity index (χ0v) is 28.8. The average molecular weight is 693 g/mol. The molecule has 4 heterocycles. The fraction of sp³-hybridized carbons (Fsp3) is 0. The maximum Gasteiger partial charge on any atom is 0.144 e. The number of pyridine rings is 1. The molecule has 0 amide bonds. The molecule has 54 heavy (non-hydrogen) atoms. The Hall–Kier alpha value is -7.37. The Morgan fingerprint density at radius 3 is 1.44 bits per heavy atom. The molecule has 0 N–H and O–H groups in total. The van der Waals surface area contributed by atoms with Crippen LogP contribution in [0.2, 0.25) is 0 Å². The van der Waals surface area contributed by atoms with E-state index in [0.717, 1.165) is 116 Å². The van der Waals surface area contributed by atoms with Gasteiger partial charge in [-0.15, -0.1) is 0 Å². The third kappa shape index (κ3) is 4.24. The van der Waals surface area contributed by atoms with Gasteiger partial charge in [0.05, 0.1) is 11.2 Å². The van der Waals surface area contributed by atoms with Crippen molar-refractivity contribution in [2.75, 3.05) is 4.90 Å². The van der Waals surface area contributed by atoms with Crippen molar-refractivity contribution in [3.8, 4) is 11.3 Å². The summed E-state index contributed by atoms with van der Waals surface area (Å²) in [4.78, 5) is 7.51. The van der Waals surface area contributed by atoms with Crippen molar-refractivity contribution in [1.29, 1.82) is 0 Å². The molecule has 5 heteroatoms. The lowest BCUT2D eigenvalue weighted by molar-refractivity contribution is 0.669. The third-order valence-corrected chi connectivity index (χ3v) is 10.8. The van der Waals surface area contributed by atoms with Crippen molar-refractivity contribution in [3.05, 3.63) is 170 Å². The van der Waals surface area contributed by atoms with Gasteiger partial charge in [0.25, 0.3) is 0 Å². The smallest absolute Gasteiger partial charge is 0.144 e. The van der Waals surface area contributed by atoms with E-state index in [0.29, 0.717) is 0 Å². The minimum Gasteiger partial charge on any atom is -0.456 e. The molecule has 12 rings (SSSR count). The van der Waals surface area contributed by atoms with Gasteiger partial charge in [-0.1, -0.05) is 91.0 Å². The van der Waals surface area contributed by atoms with Crippen LogP contribution in [0.15, 0.2) is 183 Å². The Morgan fingerprint density at radius 2 is 0.815 bits per heavy atom. The summed E-state index contributed by atoms with van der Waals surface area (Å²) in [5, 5.41) is 9.81. The van der Waals surface area contributed by atoms with Crippen molar-refractivity contribution in [2.45, 2.75) is 0 Å². The fourth-order valence-electron chi connectivity index (χ4n) is 8.36. The minimum absolute atomic E-state index is 0.837. The molecule has 0 unspecified atom stereocenters. The van der Waals surface area contributed by atoms with E-state index in [4.69, 9.17) is 18.2 Å². The number of furan rings is 3. The number of rotatable bonds is 4. The van der Waals surface area contributed by atoms with Gasteiger partial charge in [-0.3, -0.25) is 0 Å². The number of fused-ring (bicyclic) bond motifs is 13. The van der Waals surface area contributed by atoms with Crippen LogP contribution in [-0.4, -0.2) is 4.98 Å². The van der Waals surface area contributed by atoms with Crippen molar-refractivity contribution in [1.82, 2.24) is 4.98 Å². The number of benzene rings is 8. The van der Waals surface area contributed by atoms with Gasteiger partial charge in [0.1, 0.15) is 33.5 Å². The minimum atomic E-state index is 0.837. The lowest BCUT2D eigenvalue weighted by atomic mass is 9.97. The Bertz CT molecular complexity index is 3350. The van der Waals surface area contributed by atoms with Crippen molar-refractivity contribution in [3.63, 3.8) is 0 Å². The van der Waals surface area contributed by atoms with Crippen LogP contribution in [0.25, 0.3) is 98.7 Å². The predicted molar refractivity (Wildman–Crippen MR) is 221 cm³/mol. The summed E-state index contributed by atoms with van der Waals surface area (Å²) in [6.07, 6.45) is 0. The highest BCUT2D eigenvalue weighted by Crippen LogP contribution is 2.43. The van der Waals surface area contributed by atoms with Crippen LogP contribution in [0.5, 0.6) is 0 Å². The third-order valence-electron chi connectivity index (χ3n) is 10.8. The van der Waals surface area contributed by atoms with Crippen LogP contribution < -0.4 is 4.90 Å². The molecule has 12 aromatic rings. The van der Waals surface area contributed by atoms with Gasteiger partial charge in [0.2, 0.25) is 0 Å². The molecule has 0 atom stereocenters.